The van der Waals surface area contributed by atoms with Crippen LogP contribution < -0.4 is 5.32 Å². The number of rotatable bonds is 4. The van der Waals surface area contributed by atoms with E-state index in [1.807, 2.05) is 12.1 Å². The summed E-state index contributed by atoms with van der Waals surface area (Å²) in [5.74, 6) is -0.821. The summed E-state index contributed by atoms with van der Waals surface area (Å²) in [7, 11) is 1.25. The Kier molecular flexibility index (Phi) is 4.68. The third-order valence-corrected chi connectivity index (χ3v) is 3.67. The van der Waals surface area contributed by atoms with E-state index < -0.39 is 17.8 Å². The van der Waals surface area contributed by atoms with Gasteiger partial charge in [0, 0.05) is 18.1 Å². The summed E-state index contributed by atoms with van der Waals surface area (Å²) in [6.45, 7) is 0.393. The number of hydrogen-bond acceptors (Lipinski definition) is 4. The van der Waals surface area contributed by atoms with Gasteiger partial charge in [-0.2, -0.15) is 18.3 Å². The Morgan fingerprint density at radius 3 is 2.54 bits per heavy atom. The Morgan fingerprint density at radius 1 is 1.23 bits per heavy atom. The van der Waals surface area contributed by atoms with Crippen LogP contribution in [-0.4, -0.2) is 30.5 Å². The van der Waals surface area contributed by atoms with E-state index in [2.05, 4.69) is 20.5 Å². The van der Waals surface area contributed by atoms with Gasteiger partial charge in [-0.3, -0.25) is 14.8 Å². The number of alkyl halides is 3. The fourth-order valence-corrected chi connectivity index (χ4v) is 2.31. The average Bonchev–Trinajstić information content (AvgIpc) is 3.16. The number of anilines is 1. The summed E-state index contributed by atoms with van der Waals surface area (Å²) in [4.78, 5) is 16.1. The van der Waals surface area contributed by atoms with Gasteiger partial charge in [-0.25, -0.2) is 9.67 Å². The van der Waals surface area contributed by atoms with Crippen molar-refractivity contribution in [3.8, 4) is 0 Å². The second-order valence-electron chi connectivity index (χ2n) is 5.38. The monoisotopic (exact) mass is 384 g/mol. The van der Waals surface area contributed by atoms with Crippen LogP contribution in [0.25, 0.3) is 0 Å². The van der Waals surface area contributed by atoms with Gasteiger partial charge in [0.25, 0.3) is 5.91 Å². The van der Waals surface area contributed by atoms with Crippen LogP contribution in [0.2, 0.25) is 5.02 Å². The molecule has 0 radical (unpaired) electrons. The Hall–Kier alpha value is -2.88. The molecule has 3 aromatic rings. The number of benzene rings is 1. The van der Waals surface area contributed by atoms with E-state index in [1.54, 1.807) is 12.1 Å². The molecule has 0 spiro atoms. The molecule has 0 bridgehead atoms. The molecule has 0 saturated heterocycles. The summed E-state index contributed by atoms with van der Waals surface area (Å²) < 4.78 is 40.3. The van der Waals surface area contributed by atoms with Gasteiger partial charge in [0.05, 0.1) is 6.54 Å². The van der Waals surface area contributed by atoms with E-state index in [4.69, 9.17) is 11.6 Å². The van der Waals surface area contributed by atoms with Gasteiger partial charge in [-0.1, -0.05) is 23.7 Å². The van der Waals surface area contributed by atoms with Crippen LogP contribution in [0.4, 0.5) is 19.1 Å². The highest BCUT2D eigenvalue weighted by Gasteiger charge is 2.35. The second-order valence-corrected chi connectivity index (χ2v) is 5.82. The number of aromatic nitrogens is 5. The minimum atomic E-state index is -4.63. The van der Waals surface area contributed by atoms with Gasteiger partial charge < -0.3 is 0 Å². The van der Waals surface area contributed by atoms with E-state index in [0.717, 1.165) is 10.2 Å². The van der Waals surface area contributed by atoms with E-state index in [9.17, 15) is 18.0 Å². The minimum absolute atomic E-state index is 0.0290. The molecule has 1 aromatic carbocycles. The number of halogens is 4. The predicted molar refractivity (Wildman–Crippen MR) is 86.7 cm³/mol. The topological polar surface area (TPSA) is 77.6 Å². The molecule has 11 heteroatoms. The van der Waals surface area contributed by atoms with Crippen LogP contribution in [0.1, 0.15) is 21.7 Å². The molecule has 136 valence electrons. The maximum absolute atomic E-state index is 12.7. The Balaban J connectivity index is 1.70. The van der Waals surface area contributed by atoms with Crippen LogP contribution in [0.5, 0.6) is 0 Å². The van der Waals surface area contributed by atoms with Crippen LogP contribution in [0.3, 0.4) is 0 Å². The predicted octanol–water partition coefficient (Wildman–Crippen LogP) is 2.98. The van der Waals surface area contributed by atoms with Gasteiger partial charge in [-0.05, 0) is 17.7 Å². The fraction of sp³-hybridized carbons (Fsp3) is 0.200. The molecule has 0 aliphatic heterocycles. The zero-order valence-corrected chi connectivity index (χ0v) is 14.1. The van der Waals surface area contributed by atoms with Crippen molar-refractivity contribution >= 4 is 23.5 Å². The molecule has 1 N–H and O–H groups in total. The van der Waals surface area contributed by atoms with Crippen LogP contribution in [0, 0.1) is 0 Å². The molecule has 1 amide bonds. The summed E-state index contributed by atoms with van der Waals surface area (Å²) in [5, 5.41) is 10.3. The van der Waals surface area contributed by atoms with Gasteiger partial charge >= 0.3 is 6.18 Å². The molecule has 0 atom stereocenters. The molecule has 2 heterocycles. The molecule has 0 unspecified atom stereocenters. The highest BCUT2D eigenvalue weighted by molar-refractivity contribution is 6.30. The number of carbonyl (C=O) groups is 1. The Labute approximate surface area is 150 Å². The zero-order valence-electron chi connectivity index (χ0n) is 13.3. The molecular weight excluding hydrogens is 373 g/mol. The molecule has 26 heavy (non-hydrogen) atoms. The Bertz CT molecular complexity index is 932. The maximum atomic E-state index is 12.7. The maximum Gasteiger partial charge on any atom is 0.435 e. The highest BCUT2D eigenvalue weighted by Crippen LogP contribution is 2.28. The lowest BCUT2D eigenvalue weighted by molar-refractivity contribution is -0.141. The number of nitrogens with zero attached hydrogens (tertiary/aromatic N) is 5. The van der Waals surface area contributed by atoms with Gasteiger partial charge in [0.15, 0.2) is 5.69 Å². The minimum Gasteiger partial charge on any atom is -0.288 e. The van der Waals surface area contributed by atoms with Crippen molar-refractivity contribution < 1.29 is 18.0 Å². The number of hydrogen-bond donors (Lipinski definition) is 1. The normalized spacial score (nSPS) is 11.6. The molecule has 2 aromatic heterocycles. The van der Waals surface area contributed by atoms with E-state index >= 15 is 0 Å². The van der Waals surface area contributed by atoms with E-state index in [1.165, 1.54) is 18.1 Å². The third-order valence-electron chi connectivity index (χ3n) is 3.42. The van der Waals surface area contributed by atoms with Crippen molar-refractivity contribution in [1.29, 1.82) is 0 Å². The van der Waals surface area contributed by atoms with Crippen molar-refractivity contribution in [1.82, 2.24) is 24.5 Å². The van der Waals surface area contributed by atoms with Crippen molar-refractivity contribution in [3.05, 3.63) is 58.6 Å². The van der Waals surface area contributed by atoms with Crippen molar-refractivity contribution in [2.45, 2.75) is 12.7 Å². The van der Waals surface area contributed by atoms with Crippen LogP contribution >= 0.6 is 11.6 Å². The molecule has 0 aliphatic carbocycles. The number of aryl methyl sites for hydroxylation is 1. The molecule has 3 rings (SSSR count). The first-order valence-electron chi connectivity index (χ1n) is 7.29. The molecular formula is C15H12ClF3N6O. The molecule has 0 saturated carbocycles. The lowest BCUT2D eigenvalue weighted by Crippen LogP contribution is -2.17. The summed E-state index contributed by atoms with van der Waals surface area (Å²) in [6.07, 6.45) is -3.23. The average molecular weight is 385 g/mol. The third kappa shape index (κ3) is 4.02. The SMILES string of the molecule is Cn1nc(C(F)(F)F)cc1C(=O)Nc1ncn(Cc2ccc(Cl)cc2)n1. The number of amides is 1. The van der Waals surface area contributed by atoms with Crippen LogP contribution in [-0.2, 0) is 19.8 Å². The van der Waals surface area contributed by atoms with Crippen molar-refractivity contribution in [3.63, 3.8) is 0 Å². The van der Waals surface area contributed by atoms with Gasteiger partial charge in [0.1, 0.15) is 12.0 Å². The van der Waals surface area contributed by atoms with Crippen LogP contribution in [0.15, 0.2) is 36.7 Å². The number of nitrogens with one attached hydrogen (secondary N) is 1. The first-order valence-corrected chi connectivity index (χ1v) is 7.66. The highest BCUT2D eigenvalue weighted by atomic mass is 35.5. The first kappa shape index (κ1) is 17.9. The molecule has 0 fully saturated rings. The summed E-state index contributed by atoms with van der Waals surface area (Å²) >= 11 is 5.82. The lowest BCUT2D eigenvalue weighted by Gasteiger charge is -2.02. The largest absolute Gasteiger partial charge is 0.435 e. The summed E-state index contributed by atoms with van der Waals surface area (Å²) in [5.41, 5.74) is -0.489. The fourth-order valence-electron chi connectivity index (χ4n) is 2.19. The first-order chi connectivity index (χ1) is 12.2. The Morgan fingerprint density at radius 2 is 1.92 bits per heavy atom. The number of carbonyl (C=O) groups excluding carboxylic acids is 1. The van der Waals surface area contributed by atoms with Crippen molar-refractivity contribution in [2.75, 3.05) is 5.32 Å². The molecule has 0 aliphatic rings. The van der Waals surface area contributed by atoms with Crippen molar-refractivity contribution in [2.24, 2.45) is 7.05 Å². The standard InChI is InChI=1S/C15H12ClF3N6O/c1-24-11(6-12(22-24)15(17,18)19)13(26)21-14-20-8-25(23-14)7-9-2-4-10(16)5-3-9/h2-6,8H,7H2,1H3,(H,21,23,26). The summed E-state index contributed by atoms with van der Waals surface area (Å²) in [6, 6.07) is 7.77. The van der Waals surface area contributed by atoms with E-state index in [-0.39, 0.29) is 11.6 Å². The quantitative estimate of drug-likeness (QED) is 0.750. The molecule has 7 nitrogen and oxygen atoms in total. The van der Waals surface area contributed by atoms with E-state index in [0.29, 0.717) is 17.6 Å². The van der Waals surface area contributed by atoms with Gasteiger partial charge in [0.2, 0.25) is 5.95 Å². The van der Waals surface area contributed by atoms with Gasteiger partial charge in [-0.15, -0.1) is 5.10 Å². The lowest BCUT2D eigenvalue weighted by atomic mass is 10.2. The smallest absolute Gasteiger partial charge is 0.288 e. The second kappa shape index (κ2) is 6.79. The zero-order chi connectivity index (χ0) is 18.9.